The number of alkyl halides is 3. The number of methoxy groups -OCH3 is 2. The van der Waals surface area contributed by atoms with Gasteiger partial charge >= 0.3 is 6.18 Å². The van der Waals surface area contributed by atoms with Crippen molar-refractivity contribution in [2.24, 2.45) is 0 Å². The number of ether oxygens (including phenoxy) is 4. The maximum absolute atomic E-state index is 13.2. The number of epoxide rings is 1. The van der Waals surface area contributed by atoms with Crippen LogP contribution in [0.5, 0.6) is 11.5 Å². The zero-order valence-electron chi connectivity index (χ0n) is 11.4. The average molecular weight is 371 g/mol. The summed E-state index contributed by atoms with van der Waals surface area (Å²) in [5.74, 6) is 0.481. The molecule has 0 aromatic heterocycles. The number of rotatable bonds is 6. The summed E-state index contributed by atoms with van der Waals surface area (Å²) in [6.07, 6.45) is -6.86. The summed E-state index contributed by atoms with van der Waals surface area (Å²) < 4.78 is 60.0. The fourth-order valence-corrected chi connectivity index (χ4v) is 2.34. The summed E-state index contributed by atoms with van der Waals surface area (Å²) >= 11 is 3.22. The van der Waals surface area contributed by atoms with E-state index in [1.165, 1.54) is 26.4 Å². The Morgan fingerprint density at radius 3 is 2.19 bits per heavy atom. The molecule has 0 radical (unpaired) electrons. The Kier molecular flexibility index (Phi) is 5.00. The lowest BCUT2D eigenvalue weighted by atomic mass is 10.1. The first kappa shape index (κ1) is 16.4. The highest BCUT2D eigenvalue weighted by Gasteiger charge is 2.43. The van der Waals surface area contributed by atoms with E-state index in [-0.39, 0.29) is 29.8 Å². The molecule has 0 saturated carbocycles. The SMILES string of the molecule is COc1cc([C@H](OC[C@H]2CO2)C(F)(F)F)cc(OC)c1Br. The molecule has 1 saturated heterocycles. The van der Waals surface area contributed by atoms with E-state index in [0.29, 0.717) is 11.1 Å². The van der Waals surface area contributed by atoms with Crippen LogP contribution in [0.2, 0.25) is 0 Å². The predicted molar refractivity (Wildman–Crippen MR) is 71.7 cm³/mol. The summed E-state index contributed by atoms with van der Waals surface area (Å²) in [6, 6.07) is 2.55. The predicted octanol–water partition coefficient (Wildman–Crippen LogP) is 3.49. The first-order chi connectivity index (χ1) is 9.86. The van der Waals surface area contributed by atoms with Gasteiger partial charge in [0.2, 0.25) is 0 Å². The average Bonchev–Trinajstić information content (AvgIpc) is 3.23. The molecular formula is C13H14BrF3O4. The van der Waals surface area contributed by atoms with Crippen LogP contribution in [0.4, 0.5) is 13.2 Å². The number of halogens is 4. The molecule has 4 nitrogen and oxygen atoms in total. The van der Waals surface area contributed by atoms with Gasteiger partial charge in [-0.2, -0.15) is 13.2 Å². The molecule has 8 heteroatoms. The van der Waals surface area contributed by atoms with Crippen molar-refractivity contribution in [2.75, 3.05) is 27.4 Å². The van der Waals surface area contributed by atoms with E-state index in [2.05, 4.69) is 15.9 Å². The molecule has 0 amide bonds. The highest BCUT2D eigenvalue weighted by Crippen LogP contribution is 2.43. The van der Waals surface area contributed by atoms with E-state index in [1.807, 2.05) is 0 Å². The van der Waals surface area contributed by atoms with Crippen molar-refractivity contribution in [3.05, 3.63) is 22.2 Å². The third-order valence-electron chi connectivity index (χ3n) is 2.92. The molecule has 21 heavy (non-hydrogen) atoms. The Morgan fingerprint density at radius 2 is 1.81 bits per heavy atom. The van der Waals surface area contributed by atoms with Gasteiger partial charge in [-0.3, -0.25) is 0 Å². The Bertz CT molecular complexity index is 478. The first-order valence-electron chi connectivity index (χ1n) is 6.08. The maximum atomic E-state index is 13.2. The molecule has 0 bridgehead atoms. The van der Waals surface area contributed by atoms with Crippen molar-refractivity contribution < 1.29 is 32.1 Å². The fraction of sp³-hybridized carbons (Fsp3) is 0.538. The van der Waals surface area contributed by atoms with Gasteiger partial charge in [0.05, 0.1) is 27.4 Å². The van der Waals surface area contributed by atoms with Gasteiger partial charge in [0.1, 0.15) is 22.1 Å². The molecule has 0 N–H and O–H groups in total. The van der Waals surface area contributed by atoms with Crippen molar-refractivity contribution in [3.63, 3.8) is 0 Å². The smallest absolute Gasteiger partial charge is 0.418 e. The minimum atomic E-state index is -4.54. The van der Waals surface area contributed by atoms with Gasteiger partial charge in [0.15, 0.2) is 6.10 Å². The van der Waals surface area contributed by atoms with Crippen LogP contribution in [0.15, 0.2) is 16.6 Å². The van der Waals surface area contributed by atoms with Crippen molar-refractivity contribution in [3.8, 4) is 11.5 Å². The zero-order valence-corrected chi connectivity index (χ0v) is 13.0. The van der Waals surface area contributed by atoms with Crippen LogP contribution in [0.25, 0.3) is 0 Å². The second-order valence-corrected chi connectivity index (χ2v) is 5.24. The minimum absolute atomic E-state index is 0.0833. The van der Waals surface area contributed by atoms with Crippen molar-refractivity contribution >= 4 is 15.9 Å². The molecule has 1 aliphatic rings. The van der Waals surface area contributed by atoms with Gasteiger partial charge in [-0.1, -0.05) is 0 Å². The molecule has 1 aromatic rings. The third-order valence-corrected chi connectivity index (χ3v) is 3.70. The molecular weight excluding hydrogens is 357 g/mol. The van der Waals surface area contributed by atoms with Gasteiger partial charge in [-0.15, -0.1) is 0 Å². The standard InChI is InChI=1S/C13H14BrF3O4/c1-18-9-3-7(4-10(19-2)11(9)14)12(13(15,16)17)21-6-8-5-20-8/h3-4,8,12H,5-6H2,1-2H3/t8-,12+/m1/s1. The molecule has 0 aliphatic carbocycles. The van der Waals surface area contributed by atoms with E-state index in [1.54, 1.807) is 0 Å². The minimum Gasteiger partial charge on any atom is -0.495 e. The van der Waals surface area contributed by atoms with Crippen LogP contribution < -0.4 is 9.47 Å². The largest absolute Gasteiger partial charge is 0.495 e. The number of benzene rings is 1. The van der Waals surface area contributed by atoms with Crippen LogP contribution in [0, 0.1) is 0 Å². The number of hydrogen-bond donors (Lipinski definition) is 0. The summed E-state index contributed by atoms with van der Waals surface area (Å²) in [6.45, 7) is 0.322. The van der Waals surface area contributed by atoms with Gasteiger partial charge in [0, 0.05) is 0 Å². The monoisotopic (exact) mass is 370 g/mol. The normalized spacial score (nSPS) is 19.2. The molecule has 0 spiro atoms. The van der Waals surface area contributed by atoms with Crippen molar-refractivity contribution in [1.29, 1.82) is 0 Å². The topological polar surface area (TPSA) is 40.2 Å². The second-order valence-electron chi connectivity index (χ2n) is 4.45. The molecule has 1 aromatic carbocycles. The second kappa shape index (κ2) is 6.41. The van der Waals surface area contributed by atoms with E-state index < -0.39 is 12.3 Å². The van der Waals surface area contributed by atoms with E-state index in [0.717, 1.165) is 0 Å². The highest BCUT2D eigenvalue weighted by molar-refractivity contribution is 9.10. The molecule has 2 rings (SSSR count). The maximum Gasteiger partial charge on any atom is 0.418 e. The lowest BCUT2D eigenvalue weighted by Gasteiger charge is -2.22. The summed E-state index contributed by atoms with van der Waals surface area (Å²) in [4.78, 5) is 0. The first-order valence-corrected chi connectivity index (χ1v) is 6.87. The quantitative estimate of drug-likeness (QED) is 0.718. The third kappa shape index (κ3) is 4.02. The Morgan fingerprint density at radius 1 is 1.29 bits per heavy atom. The van der Waals surface area contributed by atoms with Gasteiger partial charge in [-0.25, -0.2) is 0 Å². The summed E-state index contributed by atoms with van der Waals surface area (Å²) in [7, 11) is 2.73. The Balaban J connectivity index is 2.33. The summed E-state index contributed by atoms with van der Waals surface area (Å²) in [5, 5.41) is 0. The van der Waals surface area contributed by atoms with Crippen molar-refractivity contribution in [1.82, 2.24) is 0 Å². The zero-order chi connectivity index (χ0) is 15.6. The Labute approximate surface area is 128 Å². The fourth-order valence-electron chi connectivity index (χ4n) is 1.79. The lowest BCUT2D eigenvalue weighted by molar-refractivity contribution is -0.224. The van der Waals surface area contributed by atoms with Gasteiger partial charge in [0.25, 0.3) is 0 Å². The molecule has 2 atom stereocenters. The van der Waals surface area contributed by atoms with Crippen LogP contribution >= 0.6 is 15.9 Å². The number of hydrogen-bond acceptors (Lipinski definition) is 4. The van der Waals surface area contributed by atoms with Crippen LogP contribution in [0.3, 0.4) is 0 Å². The van der Waals surface area contributed by atoms with E-state index in [4.69, 9.17) is 18.9 Å². The van der Waals surface area contributed by atoms with Crippen LogP contribution in [-0.4, -0.2) is 39.7 Å². The Hall–Kier alpha value is -0.990. The van der Waals surface area contributed by atoms with Crippen LogP contribution in [0.1, 0.15) is 11.7 Å². The van der Waals surface area contributed by atoms with E-state index >= 15 is 0 Å². The van der Waals surface area contributed by atoms with Gasteiger partial charge in [-0.05, 0) is 33.6 Å². The van der Waals surface area contributed by atoms with Gasteiger partial charge < -0.3 is 18.9 Å². The highest BCUT2D eigenvalue weighted by atomic mass is 79.9. The molecule has 0 unspecified atom stereocenters. The molecule has 1 heterocycles. The lowest BCUT2D eigenvalue weighted by Crippen LogP contribution is -2.25. The van der Waals surface area contributed by atoms with Crippen LogP contribution in [-0.2, 0) is 9.47 Å². The van der Waals surface area contributed by atoms with E-state index in [9.17, 15) is 13.2 Å². The molecule has 1 fully saturated rings. The molecule has 118 valence electrons. The summed E-state index contributed by atoms with van der Waals surface area (Å²) in [5.41, 5.74) is -0.0833. The van der Waals surface area contributed by atoms with Crippen molar-refractivity contribution in [2.45, 2.75) is 18.4 Å². The molecule has 1 aliphatic heterocycles.